The van der Waals surface area contributed by atoms with Crippen molar-refractivity contribution in [1.82, 2.24) is 0 Å². The SMILES string of the molecule is O=C([OH2+])CCC(=O)c1cc(I)ccc1F. The Balaban J connectivity index is 2.81. The highest BCUT2D eigenvalue weighted by Gasteiger charge is 2.15. The van der Waals surface area contributed by atoms with Gasteiger partial charge < -0.3 is 5.11 Å². The van der Waals surface area contributed by atoms with Crippen LogP contribution in [-0.2, 0) is 4.79 Å². The molecule has 2 N–H and O–H groups in total. The fourth-order valence-corrected chi connectivity index (χ4v) is 1.56. The van der Waals surface area contributed by atoms with Crippen LogP contribution in [-0.4, -0.2) is 16.9 Å². The van der Waals surface area contributed by atoms with Gasteiger partial charge in [0.1, 0.15) is 12.2 Å². The molecule has 0 amide bonds. The quantitative estimate of drug-likeness (QED) is 0.481. The molecule has 0 saturated heterocycles. The molecule has 0 aliphatic carbocycles. The Hall–Kier alpha value is -0.980. The molecule has 1 aromatic rings. The van der Waals surface area contributed by atoms with E-state index in [-0.39, 0.29) is 18.4 Å². The first-order chi connectivity index (χ1) is 7.00. The second-order valence-corrected chi connectivity index (χ2v) is 4.22. The Morgan fingerprint density at radius 1 is 1.33 bits per heavy atom. The summed E-state index contributed by atoms with van der Waals surface area (Å²) in [5.74, 6) is -1.83. The summed E-state index contributed by atoms with van der Waals surface area (Å²) >= 11 is 1.97. The van der Waals surface area contributed by atoms with Gasteiger partial charge in [-0.25, -0.2) is 4.39 Å². The molecule has 3 nitrogen and oxygen atoms in total. The van der Waals surface area contributed by atoms with Gasteiger partial charge in [-0.3, -0.25) is 4.79 Å². The van der Waals surface area contributed by atoms with Crippen LogP contribution in [0.4, 0.5) is 4.39 Å². The van der Waals surface area contributed by atoms with Crippen LogP contribution in [0.5, 0.6) is 0 Å². The molecule has 5 heteroatoms. The minimum absolute atomic E-state index is 0.0110. The first-order valence-corrected chi connectivity index (χ1v) is 5.31. The van der Waals surface area contributed by atoms with E-state index in [1.54, 1.807) is 6.07 Å². The Bertz CT molecular complexity index is 404. The highest BCUT2D eigenvalue weighted by molar-refractivity contribution is 14.1. The van der Waals surface area contributed by atoms with Crippen molar-refractivity contribution in [3.8, 4) is 0 Å². The Morgan fingerprint density at radius 3 is 2.60 bits per heavy atom. The van der Waals surface area contributed by atoms with Crippen molar-refractivity contribution in [2.24, 2.45) is 0 Å². The molecule has 0 atom stereocenters. The first kappa shape index (κ1) is 12.1. The van der Waals surface area contributed by atoms with Crippen molar-refractivity contribution in [3.63, 3.8) is 0 Å². The second-order valence-electron chi connectivity index (χ2n) is 2.97. The van der Waals surface area contributed by atoms with Crippen molar-refractivity contribution in [3.05, 3.63) is 33.1 Å². The second kappa shape index (κ2) is 5.20. The van der Waals surface area contributed by atoms with Crippen LogP contribution in [0.2, 0.25) is 0 Å². The average Bonchev–Trinajstić information content (AvgIpc) is 2.18. The number of ketones is 1. The fourth-order valence-electron chi connectivity index (χ4n) is 1.07. The Labute approximate surface area is 99.4 Å². The summed E-state index contributed by atoms with van der Waals surface area (Å²) in [7, 11) is 0. The summed E-state index contributed by atoms with van der Waals surface area (Å²) in [6.07, 6.45) is -0.275. The van der Waals surface area contributed by atoms with Crippen LogP contribution in [0, 0.1) is 9.39 Å². The molecule has 0 aromatic heterocycles. The lowest BCUT2D eigenvalue weighted by Crippen LogP contribution is -2.06. The van der Waals surface area contributed by atoms with Crippen LogP contribution in [0.1, 0.15) is 23.2 Å². The van der Waals surface area contributed by atoms with E-state index in [1.807, 2.05) is 22.6 Å². The monoisotopic (exact) mass is 323 g/mol. The minimum atomic E-state index is -0.811. The topological polar surface area (TPSA) is 57.0 Å². The van der Waals surface area contributed by atoms with E-state index in [0.717, 1.165) is 3.57 Å². The van der Waals surface area contributed by atoms with E-state index in [0.29, 0.717) is 0 Å². The van der Waals surface area contributed by atoms with E-state index in [1.165, 1.54) is 12.1 Å². The summed E-state index contributed by atoms with van der Waals surface area (Å²) in [6, 6.07) is 4.21. The van der Waals surface area contributed by atoms with E-state index >= 15 is 0 Å². The zero-order chi connectivity index (χ0) is 11.4. The van der Waals surface area contributed by atoms with Gasteiger partial charge in [-0.15, -0.1) is 0 Å². The normalized spacial score (nSPS) is 10.0. The van der Waals surface area contributed by atoms with Gasteiger partial charge in [0.05, 0.1) is 5.56 Å². The smallest absolute Gasteiger partial charge is 0.516 e. The maximum atomic E-state index is 13.2. The zero-order valence-electron chi connectivity index (χ0n) is 7.72. The van der Waals surface area contributed by atoms with Gasteiger partial charge in [-0.05, 0) is 40.8 Å². The molecule has 0 spiro atoms. The standard InChI is InChI=1S/C10H8FIO3/c11-8-2-1-6(12)5-7(8)9(13)3-4-10(14)15/h1-2,5H,3-4H2,(H,14,15)/p+1. The molecule has 0 aliphatic rings. The summed E-state index contributed by atoms with van der Waals surface area (Å²) in [5.41, 5.74) is -0.0110. The van der Waals surface area contributed by atoms with Crippen LogP contribution in [0.15, 0.2) is 18.2 Å². The lowest BCUT2D eigenvalue weighted by atomic mass is 10.1. The van der Waals surface area contributed by atoms with Gasteiger partial charge in [0.15, 0.2) is 5.78 Å². The zero-order valence-corrected chi connectivity index (χ0v) is 9.88. The number of carbonyl (C=O) groups excluding carboxylic acids is 2. The molecule has 0 radical (unpaired) electrons. The van der Waals surface area contributed by atoms with Gasteiger partial charge >= 0.3 is 5.97 Å². The molecule has 0 heterocycles. The predicted molar refractivity (Wildman–Crippen MR) is 61.3 cm³/mol. The number of hydrogen-bond acceptors (Lipinski definition) is 2. The molecular weight excluding hydrogens is 314 g/mol. The Kier molecular flexibility index (Phi) is 4.19. The highest BCUT2D eigenvalue weighted by Crippen LogP contribution is 2.15. The molecule has 15 heavy (non-hydrogen) atoms. The van der Waals surface area contributed by atoms with E-state index in [9.17, 15) is 14.0 Å². The molecule has 80 valence electrons. The highest BCUT2D eigenvalue weighted by atomic mass is 127. The number of hydrogen-bond donors (Lipinski definition) is 0. The third kappa shape index (κ3) is 3.58. The van der Waals surface area contributed by atoms with Crippen LogP contribution in [0.3, 0.4) is 0 Å². The van der Waals surface area contributed by atoms with Gasteiger partial charge in [0.2, 0.25) is 0 Å². The first-order valence-electron chi connectivity index (χ1n) is 4.23. The Morgan fingerprint density at radius 2 is 2.00 bits per heavy atom. The molecular formula is C10H9FIO3+. The van der Waals surface area contributed by atoms with Gasteiger partial charge in [0.25, 0.3) is 0 Å². The average molecular weight is 323 g/mol. The number of rotatable bonds is 4. The van der Waals surface area contributed by atoms with E-state index in [2.05, 4.69) is 0 Å². The number of Topliss-reactive ketones (excluding diaryl/α,β-unsaturated/α-hetero) is 1. The van der Waals surface area contributed by atoms with Crippen LogP contribution in [0.25, 0.3) is 0 Å². The number of halogens is 2. The minimum Gasteiger partial charge on any atom is -0.565 e. The predicted octanol–water partition coefficient (Wildman–Crippen LogP) is 1.64. The molecule has 0 unspecified atom stereocenters. The maximum Gasteiger partial charge on any atom is 0.516 e. The van der Waals surface area contributed by atoms with Gasteiger partial charge in [-0.1, -0.05) is 0 Å². The molecule has 0 fully saturated rings. The van der Waals surface area contributed by atoms with Crippen molar-refractivity contribution >= 4 is 34.3 Å². The van der Waals surface area contributed by atoms with Gasteiger partial charge in [-0.2, -0.15) is 0 Å². The largest absolute Gasteiger partial charge is 0.565 e. The van der Waals surface area contributed by atoms with Crippen LogP contribution >= 0.6 is 22.6 Å². The molecule has 1 rings (SSSR count). The van der Waals surface area contributed by atoms with Gasteiger partial charge in [0, 0.05) is 14.8 Å². The summed E-state index contributed by atoms with van der Waals surface area (Å²) in [4.78, 5) is 21.8. The summed E-state index contributed by atoms with van der Waals surface area (Å²) in [5, 5.41) is 6.64. The lowest BCUT2D eigenvalue weighted by molar-refractivity contribution is -0.136. The third-order valence-corrected chi connectivity index (χ3v) is 2.48. The molecule has 0 aliphatic heterocycles. The fraction of sp³-hybridized carbons (Fsp3) is 0.200. The van der Waals surface area contributed by atoms with Crippen molar-refractivity contribution in [2.75, 3.05) is 0 Å². The summed E-state index contributed by atoms with van der Waals surface area (Å²) < 4.78 is 13.9. The maximum absolute atomic E-state index is 13.2. The van der Waals surface area contributed by atoms with Crippen molar-refractivity contribution < 1.29 is 19.1 Å². The van der Waals surface area contributed by atoms with E-state index in [4.69, 9.17) is 5.11 Å². The third-order valence-electron chi connectivity index (χ3n) is 1.81. The summed E-state index contributed by atoms with van der Waals surface area (Å²) in [6.45, 7) is 0. The lowest BCUT2D eigenvalue weighted by Gasteiger charge is -2.00. The van der Waals surface area contributed by atoms with Crippen molar-refractivity contribution in [2.45, 2.75) is 12.8 Å². The number of benzene rings is 1. The molecule has 0 bridgehead atoms. The van der Waals surface area contributed by atoms with E-state index < -0.39 is 17.6 Å². The number of carbonyl (C=O) groups is 2. The van der Waals surface area contributed by atoms with Crippen molar-refractivity contribution in [1.29, 1.82) is 0 Å². The molecule has 0 saturated carbocycles. The molecule has 1 aromatic carbocycles. The van der Waals surface area contributed by atoms with Crippen LogP contribution < -0.4 is 0 Å².